The number of ketones is 1. The number of H-pyrrole nitrogens is 1. The number of carbonyl (C=O) groups excluding carboxylic acids is 2. The van der Waals surface area contributed by atoms with Crippen molar-refractivity contribution in [1.29, 1.82) is 0 Å². The van der Waals surface area contributed by atoms with Crippen LogP contribution in [0.15, 0.2) is 23.0 Å². The van der Waals surface area contributed by atoms with Crippen LogP contribution >= 0.6 is 11.3 Å². The molecular weight excluding hydrogens is 388 g/mol. The molecule has 2 aromatic heterocycles. The van der Waals surface area contributed by atoms with Gasteiger partial charge in [0.2, 0.25) is 0 Å². The van der Waals surface area contributed by atoms with E-state index >= 15 is 0 Å². The van der Waals surface area contributed by atoms with E-state index in [1.807, 2.05) is 32.0 Å². The van der Waals surface area contributed by atoms with E-state index in [1.165, 1.54) is 4.88 Å². The number of carbonyl (C=O) groups is 2. The van der Waals surface area contributed by atoms with Gasteiger partial charge in [-0.3, -0.25) is 14.4 Å². The lowest BCUT2D eigenvalue weighted by Crippen LogP contribution is -2.15. The molecular formula is C22H22N2O4S. The Balaban J connectivity index is 1.37. The summed E-state index contributed by atoms with van der Waals surface area (Å²) >= 11 is 1.55. The number of hydrogen-bond donors (Lipinski definition) is 1. The highest BCUT2D eigenvalue weighted by Crippen LogP contribution is 2.34. The number of Topliss-reactive ketones (excluding diaryl/α,β-unsaturated/α-hetero) is 1. The third-order valence-electron chi connectivity index (χ3n) is 5.24. The van der Waals surface area contributed by atoms with E-state index in [0.29, 0.717) is 21.6 Å². The minimum absolute atomic E-state index is 0.00795. The van der Waals surface area contributed by atoms with Crippen molar-refractivity contribution >= 4 is 33.3 Å². The third kappa shape index (κ3) is 4.00. The SMILES string of the molecule is Cc1ccc(C)c(C(=O)CCC(=O)OCc2nc3sc4c(c3c(=O)[nH]2)CCC4)c1. The Kier molecular flexibility index (Phi) is 5.32. The summed E-state index contributed by atoms with van der Waals surface area (Å²) in [6.45, 7) is 3.70. The maximum atomic E-state index is 12.4. The van der Waals surface area contributed by atoms with Crippen molar-refractivity contribution in [2.24, 2.45) is 0 Å². The number of fused-ring (bicyclic) bond motifs is 3. The molecule has 1 aliphatic carbocycles. The number of aromatic amines is 1. The van der Waals surface area contributed by atoms with Crippen molar-refractivity contribution in [1.82, 2.24) is 9.97 Å². The fourth-order valence-corrected chi connectivity index (χ4v) is 5.00. The molecule has 0 atom stereocenters. The Morgan fingerprint density at radius 3 is 2.86 bits per heavy atom. The maximum Gasteiger partial charge on any atom is 0.306 e. The van der Waals surface area contributed by atoms with E-state index in [4.69, 9.17) is 4.74 Å². The van der Waals surface area contributed by atoms with Crippen LogP contribution in [0.3, 0.4) is 0 Å². The maximum absolute atomic E-state index is 12.4. The number of nitrogens with zero attached hydrogens (tertiary/aromatic N) is 1. The number of thiophene rings is 1. The minimum Gasteiger partial charge on any atom is -0.458 e. The van der Waals surface area contributed by atoms with E-state index in [-0.39, 0.29) is 30.8 Å². The van der Waals surface area contributed by atoms with Crippen LogP contribution in [0.2, 0.25) is 0 Å². The molecule has 1 aromatic carbocycles. The fourth-order valence-electron chi connectivity index (χ4n) is 3.72. The molecule has 2 heterocycles. The molecule has 29 heavy (non-hydrogen) atoms. The molecule has 1 aliphatic rings. The lowest BCUT2D eigenvalue weighted by Gasteiger charge is -2.07. The molecule has 0 saturated carbocycles. The van der Waals surface area contributed by atoms with Gasteiger partial charge >= 0.3 is 5.97 Å². The number of nitrogens with one attached hydrogen (secondary N) is 1. The molecule has 150 valence electrons. The summed E-state index contributed by atoms with van der Waals surface area (Å²) < 4.78 is 5.23. The number of ether oxygens (including phenoxy) is 1. The summed E-state index contributed by atoms with van der Waals surface area (Å²) in [5.41, 5.74) is 3.48. The van der Waals surface area contributed by atoms with Crippen LogP contribution in [0, 0.1) is 13.8 Å². The van der Waals surface area contributed by atoms with Crippen LogP contribution in [0.5, 0.6) is 0 Å². The van der Waals surface area contributed by atoms with Crippen molar-refractivity contribution in [3.8, 4) is 0 Å². The summed E-state index contributed by atoms with van der Waals surface area (Å²) in [5.74, 6) is -0.235. The number of hydrogen-bond acceptors (Lipinski definition) is 6. The highest BCUT2D eigenvalue weighted by Gasteiger charge is 2.21. The van der Waals surface area contributed by atoms with Gasteiger partial charge in [0, 0.05) is 16.9 Å². The molecule has 0 aliphatic heterocycles. The quantitative estimate of drug-likeness (QED) is 0.493. The van der Waals surface area contributed by atoms with Gasteiger partial charge in [-0.25, -0.2) is 4.98 Å². The molecule has 0 fully saturated rings. The van der Waals surface area contributed by atoms with Crippen LogP contribution in [-0.4, -0.2) is 21.7 Å². The molecule has 6 nitrogen and oxygen atoms in total. The summed E-state index contributed by atoms with van der Waals surface area (Å²) in [5, 5.41) is 0.677. The van der Waals surface area contributed by atoms with Crippen molar-refractivity contribution in [2.75, 3.05) is 0 Å². The van der Waals surface area contributed by atoms with Crippen LogP contribution in [0.4, 0.5) is 0 Å². The molecule has 0 spiro atoms. The van der Waals surface area contributed by atoms with Crippen molar-refractivity contribution in [3.05, 3.63) is 61.5 Å². The number of esters is 1. The lowest BCUT2D eigenvalue weighted by atomic mass is 9.99. The van der Waals surface area contributed by atoms with Crippen molar-refractivity contribution < 1.29 is 14.3 Å². The minimum atomic E-state index is -0.486. The molecule has 0 amide bonds. The average Bonchev–Trinajstić information content (AvgIpc) is 3.27. The molecule has 7 heteroatoms. The van der Waals surface area contributed by atoms with Crippen molar-refractivity contribution in [2.45, 2.75) is 52.6 Å². The first kappa shape index (κ1) is 19.5. The molecule has 0 saturated heterocycles. The van der Waals surface area contributed by atoms with Crippen LogP contribution in [0.1, 0.15) is 57.0 Å². The number of aryl methyl sites for hydroxylation is 4. The highest BCUT2D eigenvalue weighted by molar-refractivity contribution is 7.18. The topological polar surface area (TPSA) is 89.1 Å². The standard InChI is InChI=1S/C22H22N2O4S/c1-12-6-7-13(2)15(10-12)16(25)8-9-19(26)28-11-18-23-21(27)20-14-4-3-5-17(14)29-22(20)24-18/h6-7,10H,3-5,8-9,11H2,1-2H3,(H,23,24,27). The first-order valence-corrected chi connectivity index (χ1v) is 10.5. The second kappa shape index (κ2) is 7.91. The van der Waals surface area contributed by atoms with Gasteiger partial charge in [0.25, 0.3) is 5.56 Å². The van der Waals surface area contributed by atoms with Gasteiger partial charge < -0.3 is 9.72 Å². The number of aromatic nitrogens is 2. The van der Waals surface area contributed by atoms with E-state index < -0.39 is 5.97 Å². The van der Waals surface area contributed by atoms with Crippen molar-refractivity contribution in [3.63, 3.8) is 0 Å². The third-order valence-corrected chi connectivity index (χ3v) is 6.43. The first-order valence-electron chi connectivity index (χ1n) is 9.72. The van der Waals surface area contributed by atoms with Gasteiger partial charge in [-0.05, 0) is 50.3 Å². The van der Waals surface area contributed by atoms with Crippen LogP contribution < -0.4 is 5.56 Å². The molecule has 0 unspecified atom stereocenters. The van der Waals surface area contributed by atoms with Gasteiger partial charge in [-0.1, -0.05) is 17.7 Å². The Morgan fingerprint density at radius 2 is 2.03 bits per heavy atom. The summed E-state index contributed by atoms with van der Waals surface area (Å²) in [6.07, 6.45) is 3.07. The lowest BCUT2D eigenvalue weighted by molar-refractivity contribution is -0.145. The summed E-state index contributed by atoms with van der Waals surface area (Å²) in [7, 11) is 0. The van der Waals surface area contributed by atoms with Crippen LogP contribution in [-0.2, 0) is 29.0 Å². The molecule has 3 aromatic rings. The largest absolute Gasteiger partial charge is 0.458 e. The van der Waals surface area contributed by atoms with E-state index in [1.54, 1.807) is 11.3 Å². The number of rotatable bonds is 6. The smallest absolute Gasteiger partial charge is 0.306 e. The second-order valence-electron chi connectivity index (χ2n) is 7.45. The van der Waals surface area contributed by atoms with Gasteiger partial charge in [-0.15, -0.1) is 11.3 Å². The van der Waals surface area contributed by atoms with Gasteiger partial charge in [0.05, 0.1) is 11.8 Å². The highest BCUT2D eigenvalue weighted by atomic mass is 32.1. The second-order valence-corrected chi connectivity index (χ2v) is 8.54. The predicted octanol–water partition coefficient (Wildman–Crippen LogP) is 3.80. The fraction of sp³-hybridized carbons (Fsp3) is 0.364. The monoisotopic (exact) mass is 410 g/mol. The van der Waals surface area contributed by atoms with E-state index in [0.717, 1.165) is 36.0 Å². The van der Waals surface area contributed by atoms with Gasteiger partial charge in [0.1, 0.15) is 17.3 Å². The normalized spacial score (nSPS) is 12.9. The molecule has 0 radical (unpaired) electrons. The molecule has 0 bridgehead atoms. The summed E-state index contributed by atoms with van der Waals surface area (Å²) in [6, 6.07) is 5.69. The zero-order chi connectivity index (χ0) is 20.5. The van der Waals surface area contributed by atoms with E-state index in [9.17, 15) is 14.4 Å². The molecule has 1 N–H and O–H groups in total. The first-order chi connectivity index (χ1) is 13.9. The van der Waals surface area contributed by atoms with E-state index in [2.05, 4.69) is 9.97 Å². The van der Waals surface area contributed by atoms with Crippen LogP contribution in [0.25, 0.3) is 10.2 Å². The Bertz CT molecular complexity index is 1180. The Hall–Kier alpha value is -2.80. The zero-order valence-electron chi connectivity index (χ0n) is 16.5. The molecule has 4 rings (SSSR count). The predicted molar refractivity (Wildman–Crippen MR) is 112 cm³/mol. The van der Waals surface area contributed by atoms with Gasteiger partial charge in [-0.2, -0.15) is 0 Å². The van der Waals surface area contributed by atoms with Gasteiger partial charge in [0.15, 0.2) is 5.78 Å². The Morgan fingerprint density at radius 1 is 1.21 bits per heavy atom. The number of benzene rings is 1. The average molecular weight is 410 g/mol. The summed E-state index contributed by atoms with van der Waals surface area (Å²) in [4.78, 5) is 46.0. The zero-order valence-corrected chi connectivity index (χ0v) is 17.3. The Labute approximate surface area is 171 Å².